The first-order valence-electron chi connectivity index (χ1n) is 5.97. The topological polar surface area (TPSA) is 53.6 Å². The second-order valence-corrected chi connectivity index (χ2v) is 4.10. The van der Waals surface area contributed by atoms with Crippen LogP contribution in [-0.2, 0) is 9.53 Å². The maximum atomic E-state index is 11.8. The normalized spacial score (nSPS) is 19.4. The van der Waals surface area contributed by atoms with Crippen LogP contribution in [0.3, 0.4) is 0 Å². The number of piperazine rings is 1. The average Bonchev–Trinajstić information content (AvgIpc) is 2.34. The third kappa shape index (κ3) is 4.47. The third-order valence-corrected chi connectivity index (χ3v) is 2.90. The molecular formula is C11H23N3O2. The Hall–Kier alpha value is -0.650. The van der Waals surface area contributed by atoms with E-state index < -0.39 is 0 Å². The van der Waals surface area contributed by atoms with E-state index in [-0.39, 0.29) is 11.9 Å². The van der Waals surface area contributed by atoms with Crippen molar-refractivity contribution in [2.45, 2.75) is 19.4 Å². The lowest BCUT2D eigenvalue weighted by atomic mass is 10.2. The Bertz CT molecular complexity index is 205. The third-order valence-electron chi connectivity index (χ3n) is 2.90. The van der Waals surface area contributed by atoms with Crippen molar-refractivity contribution in [3.05, 3.63) is 0 Å². The van der Waals surface area contributed by atoms with Crippen LogP contribution in [0.1, 0.15) is 13.3 Å². The molecule has 1 aliphatic rings. The molecule has 5 heteroatoms. The number of nitrogens with zero attached hydrogens (tertiary/aromatic N) is 1. The Balaban J connectivity index is 2.18. The molecule has 1 aliphatic heterocycles. The summed E-state index contributed by atoms with van der Waals surface area (Å²) in [5.41, 5.74) is 0. The smallest absolute Gasteiger partial charge is 0.237 e. The molecule has 1 unspecified atom stereocenters. The second-order valence-electron chi connectivity index (χ2n) is 4.10. The van der Waals surface area contributed by atoms with Crippen LogP contribution >= 0.6 is 0 Å². The van der Waals surface area contributed by atoms with Crippen molar-refractivity contribution in [1.29, 1.82) is 0 Å². The lowest BCUT2D eigenvalue weighted by Crippen LogP contribution is -2.52. The zero-order valence-electron chi connectivity index (χ0n) is 10.3. The van der Waals surface area contributed by atoms with E-state index in [0.717, 1.165) is 32.6 Å². The molecule has 0 aromatic heterocycles. The Labute approximate surface area is 97.5 Å². The minimum absolute atomic E-state index is 0.0235. The van der Waals surface area contributed by atoms with E-state index in [9.17, 15) is 4.79 Å². The molecule has 0 saturated carbocycles. The summed E-state index contributed by atoms with van der Waals surface area (Å²) in [5.74, 6) is 0.123. The van der Waals surface area contributed by atoms with Crippen LogP contribution in [0.15, 0.2) is 0 Å². The van der Waals surface area contributed by atoms with Gasteiger partial charge in [0.25, 0.3) is 0 Å². The van der Waals surface area contributed by atoms with Gasteiger partial charge in [-0.3, -0.25) is 9.69 Å². The fourth-order valence-corrected chi connectivity index (χ4v) is 1.81. The monoisotopic (exact) mass is 229 g/mol. The SMILES string of the molecule is COCCCNC(=O)C(C)N1CCNCC1. The van der Waals surface area contributed by atoms with Gasteiger partial charge in [-0.2, -0.15) is 0 Å². The Morgan fingerprint density at radius 1 is 1.50 bits per heavy atom. The van der Waals surface area contributed by atoms with Crippen molar-refractivity contribution in [1.82, 2.24) is 15.5 Å². The minimum atomic E-state index is -0.0235. The summed E-state index contributed by atoms with van der Waals surface area (Å²) in [5, 5.41) is 6.21. The molecule has 0 spiro atoms. The number of nitrogens with one attached hydrogen (secondary N) is 2. The fourth-order valence-electron chi connectivity index (χ4n) is 1.81. The quantitative estimate of drug-likeness (QED) is 0.599. The highest BCUT2D eigenvalue weighted by Crippen LogP contribution is 2.00. The molecule has 16 heavy (non-hydrogen) atoms. The predicted molar refractivity (Wildman–Crippen MR) is 63.4 cm³/mol. The van der Waals surface area contributed by atoms with Crippen LogP contribution in [0.4, 0.5) is 0 Å². The van der Waals surface area contributed by atoms with Crippen molar-refractivity contribution in [3.8, 4) is 0 Å². The largest absolute Gasteiger partial charge is 0.385 e. The number of hydrogen-bond donors (Lipinski definition) is 2. The molecule has 5 nitrogen and oxygen atoms in total. The molecule has 1 atom stereocenters. The first-order valence-corrected chi connectivity index (χ1v) is 5.97. The van der Waals surface area contributed by atoms with E-state index in [2.05, 4.69) is 15.5 Å². The molecule has 1 rings (SSSR count). The number of carbonyl (C=O) groups excluding carboxylic acids is 1. The van der Waals surface area contributed by atoms with Crippen LogP contribution in [0.2, 0.25) is 0 Å². The molecule has 0 aromatic carbocycles. The van der Waals surface area contributed by atoms with Gasteiger partial charge in [-0.25, -0.2) is 0 Å². The standard InChI is InChI=1S/C11H23N3O2/c1-10(14-7-5-12-6-8-14)11(15)13-4-3-9-16-2/h10,12H,3-9H2,1-2H3,(H,13,15). The molecule has 94 valence electrons. The molecule has 0 radical (unpaired) electrons. The lowest BCUT2D eigenvalue weighted by Gasteiger charge is -2.31. The van der Waals surface area contributed by atoms with Gasteiger partial charge >= 0.3 is 0 Å². The van der Waals surface area contributed by atoms with Crippen molar-refractivity contribution in [3.63, 3.8) is 0 Å². The Kier molecular flexibility index (Phi) is 6.37. The molecule has 1 saturated heterocycles. The summed E-state index contributed by atoms with van der Waals surface area (Å²) >= 11 is 0. The van der Waals surface area contributed by atoms with Gasteiger partial charge in [0.2, 0.25) is 5.91 Å². The van der Waals surface area contributed by atoms with Gasteiger partial charge in [0.1, 0.15) is 0 Å². The maximum absolute atomic E-state index is 11.8. The van der Waals surface area contributed by atoms with Gasteiger partial charge in [0, 0.05) is 46.4 Å². The lowest BCUT2D eigenvalue weighted by molar-refractivity contribution is -0.126. The first kappa shape index (κ1) is 13.4. The summed E-state index contributed by atoms with van der Waals surface area (Å²) < 4.78 is 4.93. The number of ether oxygens (including phenoxy) is 1. The molecule has 0 bridgehead atoms. The number of amides is 1. The Morgan fingerprint density at radius 2 is 2.19 bits per heavy atom. The number of carbonyl (C=O) groups is 1. The minimum Gasteiger partial charge on any atom is -0.385 e. The number of rotatable bonds is 6. The molecular weight excluding hydrogens is 206 g/mol. The summed E-state index contributed by atoms with van der Waals surface area (Å²) in [7, 11) is 1.67. The number of methoxy groups -OCH3 is 1. The van der Waals surface area contributed by atoms with Crippen molar-refractivity contribution >= 4 is 5.91 Å². The number of hydrogen-bond acceptors (Lipinski definition) is 4. The van der Waals surface area contributed by atoms with Gasteiger partial charge in [-0.05, 0) is 13.3 Å². The van der Waals surface area contributed by atoms with Gasteiger partial charge in [0.15, 0.2) is 0 Å². The highest BCUT2D eigenvalue weighted by atomic mass is 16.5. The van der Waals surface area contributed by atoms with E-state index in [1.54, 1.807) is 7.11 Å². The summed E-state index contributed by atoms with van der Waals surface area (Å²) in [6.07, 6.45) is 0.872. The van der Waals surface area contributed by atoms with Crippen molar-refractivity contribution in [2.24, 2.45) is 0 Å². The van der Waals surface area contributed by atoms with Gasteiger partial charge in [-0.15, -0.1) is 0 Å². The molecule has 1 heterocycles. The first-order chi connectivity index (χ1) is 7.75. The summed E-state index contributed by atoms with van der Waals surface area (Å²) in [6.45, 7) is 7.21. The summed E-state index contributed by atoms with van der Waals surface area (Å²) in [4.78, 5) is 14.0. The Morgan fingerprint density at radius 3 is 2.81 bits per heavy atom. The average molecular weight is 229 g/mol. The van der Waals surface area contributed by atoms with Gasteiger partial charge < -0.3 is 15.4 Å². The van der Waals surface area contributed by atoms with E-state index in [1.807, 2.05) is 6.92 Å². The van der Waals surface area contributed by atoms with Crippen molar-refractivity contribution in [2.75, 3.05) is 46.4 Å². The zero-order valence-corrected chi connectivity index (χ0v) is 10.3. The molecule has 0 aromatic rings. The van der Waals surface area contributed by atoms with Crippen LogP contribution in [0.5, 0.6) is 0 Å². The van der Waals surface area contributed by atoms with Crippen LogP contribution in [0, 0.1) is 0 Å². The van der Waals surface area contributed by atoms with Crippen LogP contribution < -0.4 is 10.6 Å². The second kappa shape index (κ2) is 7.60. The molecule has 1 fully saturated rings. The van der Waals surface area contributed by atoms with Gasteiger partial charge in [0.05, 0.1) is 6.04 Å². The van der Waals surface area contributed by atoms with Crippen molar-refractivity contribution < 1.29 is 9.53 Å². The molecule has 1 amide bonds. The van der Waals surface area contributed by atoms with E-state index >= 15 is 0 Å². The highest BCUT2D eigenvalue weighted by Gasteiger charge is 2.21. The molecule has 2 N–H and O–H groups in total. The van der Waals surface area contributed by atoms with Crippen LogP contribution in [0.25, 0.3) is 0 Å². The van der Waals surface area contributed by atoms with E-state index in [1.165, 1.54) is 0 Å². The van der Waals surface area contributed by atoms with Crippen LogP contribution in [-0.4, -0.2) is 63.3 Å². The zero-order chi connectivity index (χ0) is 11.8. The highest BCUT2D eigenvalue weighted by molar-refractivity contribution is 5.81. The predicted octanol–water partition coefficient (Wildman–Crippen LogP) is -0.567. The van der Waals surface area contributed by atoms with Gasteiger partial charge in [-0.1, -0.05) is 0 Å². The fraction of sp³-hybridized carbons (Fsp3) is 0.909. The van der Waals surface area contributed by atoms with E-state index in [4.69, 9.17) is 4.74 Å². The summed E-state index contributed by atoms with van der Waals surface area (Å²) in [6, 6.07) is -0.0235. The molecule has 0 aliphatic carbocycles. The maximum Gasteiger partial charge on any atom is 0.237 e. The van der Waals surface area contributed by atoms with E-state index in [0.29, 0.717) is 13.2 Å².